The van der Waals surface area contributed by atoms with E-state index in [1.165, 1.54) is 18.2 Å². The van der Waals surface area contributed by atoms with Crippen LogP contribution in [0.25, 0.3) is 16.7 Å². The summed E-state index contributed by atoms with van der Waals surface area (Å²) >= 11 is 1.31. The molecule has 2 unspecified atom stereocenters. The molecule has 2 bridgehead atoms. The Balaban J connectivity index is 1.38. The topological polar surface area (TPSA) is 93.7 Å². The first-order chi connectivity index (χ1) is 16.6. The number of aromatic nitrogens is 4. The minimum atomic E-state index is -0.166. The lowest BCUT2D eigenvalue weighted by Gasteiger charge is -2.34. The molecule has 0 aliphatic heterocycles. The van der Waals surface area contributed by atoms with Gasteiger partial charge in [-0.25, -0.2) is 5.43 Å². The van der Waals surface area contributed by atoms with Crippen LogP contribution in [0.15, 0.2) is 39.3 Å². The van der Waals surface area contributed by atoms with Gasteiger partial charge in [-0.3, -0.25) is 18.6 Å². The van der Waals surface area contributed by atoms with E-state index in [2.05, 4.69) is 55.3 Å². The van der Waals surface area contributed by atoms with Crippen molar-refractivity contribution in [1.82, 2.24) is 24.6 Å². The SMILES string of the molecule is CC(C)CCn1c(=O)c2ccccc2n2c(SCC(=O)N/N=C3\CC4CCC3(C)C4(C)C)nnc12. The molecule has 3 aromatic rings. The number of nitrogens with zero attached hydrogens (tertiary/aromatic N) is 5. The lowest BCUT2D eigenvalue weighted by atomic mass is 9.70. The van der Waals surface area contributed by atoms with Crippen LogP contribution in [0.4, 0.5) is 0 Å². The molecular weight excluding hydrogens is 460 g/mol. The van der Waals surface area contributed by atoms with E-state index >= 15 is 0 Å². The van der Waals surface area contributed by atoms with Crippen LogP contribution in [0.2, 0.25) is 0 Å². The highest BCUT2D eigenvalue weighted by Crippen LogP contribution is 2.63. The number of carbonyl (C=O) groups is 1. The second-order valence-electron chi connectivity index (χ2n) is 11.2. The Morgan fingerprint density at radius 2 is 2.03 bits per heavy atom. The van der Waals surface area contributed by atoms with E-state index in [0.717, 1.165) is 30.5 Å². The highest BCUT2D eigenvalue weighted by atomic mass is 32.2. The Kier molecular flexibility index (Phi) is 6.02. The summed E-state index contributed by atoms with van der Waals surface area (Å²) in [5.41, 5.74) is 4.87. The molecule has 5 rings (SSSR count). The molecular formula is C26H34N6O2S. The van der Waals surface area contributed by atoms with Crippen molar-refractivity contribution in [3.05, 3.63) is 34.6 Å². The molecule has 8 nitrogen and oxygen atoms in total. The van der Waals surface area contributed by atoms with Crippen molar-refractivity contribution in [2.24, 2.45) is 27.8 Å². The molecule has 2 aliphatic rings. The van der Waals surface area contributed by atoms with Gasteiger partial charge >= 0.3 is 0 Å². The molecule has 2 aliphatic carbocycles. The first-order valence-corrected chi connectivity index (χ1v) is 13.5. The fourth-order valence-electron chi connectivity index (χ4n) is 5.81. The maximum atomic E-state index is 13.2. The van der Waals surface area contributed by atoms with E-state index in [4.69, 9.17) is 0 Å². The van der Waals surface area contributed by atoms with Gasteiger partial charge in [-0.1, -0.05) is 58.5 Å². The summed E-state index contributed by atoms with van der Waals surface area (Å²) in [6, 6.07) is 7.49. The molecule has 0 radical (unpaired) electrons. The predicted octanol–water partition coefficient (Wildman–Crippen LogP) is 4.50. The number of hydrazone groups is 1. The quantitative estimate of drug-likeness (QED) is 0.386. The highest BCUT2D eigenvalue weighted by molar-refractivity contribution is 7.99. The van der Waals surface area contributed by atoms with E-state index < -0.39 is 0 Å². The van der Waals surface area contributed by atoms with Gasteiger partial charge in [0.2, 0.25) is 5.78 Å². The van der Waals surface area contributed by atoms with E-state index in [0.29, 0.717) is 34.7 Å². The molecule has 0 saturated heterocycles. The fraction of sp³-hybridized carbons (Fsp3) is 0.577. The largest absolute Gasteiger partial charge is 0.276 e. The van der Waals surface area contributed by atoms with Gasteiger partial charge in [-0.2, -0.15) is 5.10 Å². The molecule has 2 heterocycles. The minimum Gasteiger partial charge on any atom is -0.276 e. The zero-order valence-corrected chi connectivity index (χ0v) is 22.0. The van der Waals surface area contributed by atoms with Crippen LogP contribution < -0.4 is 11.0 Å². The molecule has 1 N–H and O–H groups in total. The Bertz CT molecular complexity index is 1390. The summed E-state index contributed by atoms with van der Waals surface area (Å²) in [7, 11) is 0. The van der Waals surface area contributed by atoms with Gasteiger partial charge in [0.1, 0.15) is 0 Å². The van der Waals surface area contributed by atoms with Crippen LogP contribution >= 0.6 is 11.8 Å². The van der Waals surface area contributed by atoms with E-state index in [1.807, 2.05) is 28.7 Å². The van der Waals surface area contributed by atoms with Crippen molar-refractivity contribution in [3.8, 4) is 0 Å². The normalized spacial score (nSPS) is 24.3. The molecule has 35 heavy (non-hydrogen) atoms. The van der Waals surface area contributed by atoms with E-state index in [9.17, 15) is 9.59 Å². The Morgan fingerprint density at radius 1 is 1.26 bits per heavy atom. The molecule has 2 atom stereocenters. The number of para-hydroxylation sites is 1. The monoisotopic (exact) mass is 494 g/mol. The number of rotatable bonds is 7. The number of aryl methyl sites for hydroxylation is 1. The Hall–Kier alpha value is -2.68. The van der Waals surface area contributed by atoms with Crippen LogP contribution in [0, 0.1) is 22.7 Å². The molecule has 186 valence electrons. The van der Waals surface area contributed by atoms with Crippen molar-refractivity contribution in [2.45, 2.75) is 72.0 Å². The molecule has 2 fully saturated rings. The van der Waals surface area contributed by atoms with Gasteiger partial charge in [0.05, 0.1) is 16.7 Å². The number of fused-ring (bicyclic) bond motifs is 5. The number of thioether (sulfide) groups is 1. The van der Waals surface area contributed by atoms with Crippen molar-refractivity contribution < 1.29 is 4.79 Å². The second kappa shape index (κ2) is 8.76. The summed E-state index contributed by atoms with van der Waals surface area (Å²) in [6.45, 7) is 11.8. The maximum Gasteiger partial charge on any atom is 0.262 e. The van der Waals surface area contributed by atoms with Crippen molar-refractivity contribution in [2.75, 3.05) is 5.75 Å². The third-order valence-electron chi connectivity index (χ3n) is 8.57. The summed E-state index contributed by atoms with van der Waals surface area (Å²) in [4.78, 5) is 25.9. The second-order valence-corrected chi connectivity index (χ2v) is 12.1. The van der Waals surface area contributed by atoms with Crippen molar-refractivity contribution in [3.63, 3.8) is 0 Å². The van der Waals surface area contributed by atoms with Crippen LogP contribution in [0.1, 0.15) is 60.3 Å². The zero-order chi connectivity index (χ0) is 25.0. The fourth-order valence-corrected chi connectivity index (χ4v) is 6.54. The molecule has 9 heteroatoms. The summed E-state index contributed by atoms with van der Waals surface area (Å²) in [6.07, 6.45) is 4.20. The minimum absolute atomic E-state index is 0.0554. The number of nitrogens with one attached hydrogen (secondary N) is 1. The molecule has 0 spiro atoms. The lowest BCUT2D eigenvalue weighted by Crippen LogP contribution is -2.34. The zero-order valence-electron chi connectivity index (χ0n) is 21.2. The maximum absolute atomic E-state index is 13.2. The van der Waals surface area contributed by atoms with Crippen molar-refractivity contribution in [1.29, 1.82) is 0 Å². The van der Waals surface area contributed by atoms with Crippen LogP contribution in [0.5, 0.6) is 0 Å². The number of benzene rings is 1. The first kappa shape index (κ1) is 24.0. The van der Waals surface area contributed by atoms with Gasteiger partial charge in [-0.15, -0.1) is 10.2 Å². The third-order valence-corrected chi connectivity index (χ3v) is 9.50. The number of hydrogen-bond donors (Lipinski definition) is 1. The number of hydrogen-bond acceptors (Lipinski definition) is 6. The summed E-state index contributed by atoms with van der Waals surface area (Å²) < 4.78 is 3.59. The van der Waals surface area contributed by atoms with Gasteiger partial charge in [0.25, 0.3) is 11.5 Å². The van der Waals surface area contributed by atoms with Gasteiger partial charge < -0.3 is 0 Å². The molecule has 2 saturated carbocycles. The van der Waals surface area contributed by atoms with Crippen LogP contribution in [-0.2, 0) is 11.3 Å². The molecule has 2 aromatic heterocycles. The van der Waals surface area contributed by atoms with Crippen LogP contribution in [0.3, 0.4) is 0 Å². The average molecular weight is 495 g/mol. The van der Waals surface area contributed by atoms with Gasteiger partial charge in [-0.05, 0) is 55.1 Å². The third kappa shape index (κ3) is 3.88. The smallest absolute Gasteiger partial charge is 0.262 e. The Morgan fingerprint density at radius 3 is 2.71 bits per heavy atom. The number of carbonyl (C=O) groups excluding carboxylic acids is 1. The highest BCUT2D eigenvalue weighted by Gasteiger charge is 2.60. The first-order valence-electron chi connectivity index (χ1n) is 12.5. The van der Waals surface area contributed by atoms with Crippen LogP contribution in [-0.4, -0.2) is 36.5 Å². The number of amides is 1. The lowest BCUT2D eigenvalue weighted by molar-refractivity contribution is -0.118. The van der Waals surface area contributed by atoms with Crippen molar-refractivity contribution >= 4 is 40.1 Å². The van der Waals surface area contributed by atoms with Gasteiger partial charge in [0, 0.05) is 17.7 Å². The standard InChI is InChI=1S/C26H34N6O2S/c1-16(2)11-13-31-22(34)18-8-6-7-9-19(18)32-23(31)29-30-24(32)35-15-21(33)28-27-20-14-17-10-12-26(20,5)25(17,3)4/h6-9,16-17H,10-15H2,1-5H3,(H,28,33)/b27-20+. The Labute approximate surface area is 209 Å². The summed E-state index contributed by atoms with van der Waals surface area (Å²) in [5, 5.41) is 14.5. The summed E-state index contributed by atoms with van der Waals surface area (Å²) in [5.74, 6) is 1.61. The predicted molar refractivity (Wildman–Crippen MR) is 140 cm³/mol. The van der Waals surface area contributed by atoms with E-state index in [1.54, 1.807) is 4.57 Å². The van der Waals surface area contributed by atoms with E-state index in [-0.39, 0.29) is 28.0 Å². The van der Waals surface area contributed by atoms with Gasteiger partial charge in [0.15, 0.2) is 5.16 Å². The molecule has 1 aromatic carbocycles. The molecule has 1 amide bonds. The average Bonchev–Trinajstić information content (AvgIpc) is 3.40.